The first kappa shape index (κ1) is 9.52. The van der Waals surface area contributed by atoms with Crippen molar-refractivity contribution >= 4 is 12.2 Å². The van der Waals surface area contributed by atoms with Gasteiger partial charge in [-0.2, -0.15) is 0 Å². The highest BCUT2D eigenvalue weighted by atomic mass is 16.4. The average molecular weight is 176 g/mol. The van der Waals surface area contributed by atoms with Gasteiger partial charge in [0.1, 0.15) is 0 Å². The summed E-state index contributed by atoms with van der Waals surface area (Å²) in [6, 6.07) is 1.77. The summed E-state index contributed by atoms with van der Waals surface area (Å²) in [6.45, 7) is 3.78. The molecule has 0 spiro atoms. The van der Waals surface area contributed by atoms with Crippen molar-refractivity contribution in [1.82, 2.24) is 0 Å². The molecule has 0 aliphatic heterocycles. The smallest absolute Gasteiger partial charge is 0.343 e. The molecule has 0 aromatic carbocycles. The highest BCUT2D eigenvalue weighted by molar-refractivity contribution is 5.63. The van der Waals surface area contributed by atoms with Crippen molar-refractivity contribution < 1.29 is 4.42 Å². The molecule has 0 amide bonds. The lowest BCUT2D eigenvalue weighted by Gasteiger charge is -1.96. The van der Waals surface area contributed by atoms with Crippen molar-refractivity contribution in [3.8, 4) is 0 Å². The topological polar surface area (TPSA) is 30.2 Å². The Hall–Kier alpha value is -1.57. The SMILES string of the molecule is C/C=C\c1ccoc(=O)c1/C=C\C. The fourth-order valence-corrected chi connectivity index (χ4v) is 1.10. The maximum atomic E-state index is 11.3. The Kier molecular flexibility index (Phi) is 3.26. The zero-order valence-corrected chi connectivity index (χ0v) is 7.78. The van der Waals surface area contributed by atoms with Crippen molar-refractivity contribution in [2.75, 3.05) is 0 Å². The van der Waals surface area contributed by atoms with E-state index < -0.39 is 0 Å². The molecule has 1 aromatic heterocycles. The molecule has 0 bridgehead atoms. The van der Waals surface area contributed by atoms with Crippen molar-refractivity contribution in [2.45, 2.75) is 13.8 Å². The minimum absolute atomic E-state index is 0.297. The highest BCUT2D eigenvalue weighted by Crippen LogP contribution is 2.07. The van der Waals surface area contributed by atoms with Gasteiger partial charge in [-0.05, 0) is 25.5 Å². The standard InChI is InChI=1S/C11H12O2/c1-3-5-9-7-8-13-11(12)10(9)6-4-2/h3-8H,1-2H3/b5-3-,6-4-. The molecule has 2 nitrogen and oxygen atoms in total. The van der Waals surface area contributed by atoms with Crippen LogP contribution in [0.1, 0.15) is 25.0 Å². The van der Waals surface area contributed by atoms with E-state index in [-0.39, 0.29) is 5.63 Å². The maximum absolute atomic E-state index is 11.3. The third-order valence-corrected chi connectivity index (χ3v) is 1.63. The van der Waals surface area contributed by atoms with E-state index in [0.717, 1.165) is 5.56 Å². The second-order valence-corrected chi connectivity index (χ2v) is 2.58. The second kappa shape index (κ2) is 4.45. The van der Waals surface area contributed by atoms with Crippen LogP contribution >= 0.6 is 0 Å². The van der Waals surface area contributed by atoms with Crippen LogP contribution in [0.5, 0.6) is 0 Å². The molecule has 0 saturated heterocycles. The van der Waals surface area contributed by atoms with Gasteiger partial charge in [-0.15, -0.1) is 0 Å². The van der Waals surface area contributed by atoms with Crippen LogP contribution in [0.3, 0.4) is 0 Å². The zero-order chi connectivity index (χ0) is 9.68. The molecule has 1 heterocycles. The number of hydrogen-bond donors (Lipinski definition) is 0. The molecule has 68 valence electrons. The third-order valence-electron chi connectivity index (χ3n) is 1.63. The fourth-order valence-electron chi connectivity index (χ4n) is 1.10. The summed E-state index contributed by atoms with van der Waals surface area (Å²) in [4.78, 5) is 11.3. The predicted molar refractivity (Wildman–Crippen MR) is 54.4 cm³/mol. The lowest BCUT2D eigenvalue weighted by molar-refractivity contribution is 0.508. The van der Waals surface area contributed by atoms with Crippen LogP contribution in [0, 0.1) is 0 Å². The van der Waals surface area contributed by atoms with Crippen molar-refractivity contribution in [1.29, 1.82) is 0 Å². The van der Waals surface area contributed by atoms with Crippen molar-refractivity contribution in [3.05, 3.63) is 46.0 Å². The van der Waals surface area contributed by atoms with Gasteiger partial charge in [-0.3, -0.25) is 0 Å². The van der Waals surface area contributed by atoms with Gasteiger partial charge in [0.05, 0.1) is 11.8 Å². The third kappa shape index (κ3) is 2.18. The molecule has 13 heavy (non-hydrogen) atoms. The molecule has 0 atom stereocenters. The molecule has 0 aliphatic carbocycles. The fraction of sp³-hybridized carbons (Fsp3) is 0.182. The molecule has 0 N–H and O–H groups in total. The Labute approximate surface area is 77.2 Å². The van der Waals surface area contributed by atoms with Gasteiger partial charge in [-0.25, -0.2) is 4.79 Å². The van der Waals surface area contributed by atoms with Gasteiger partial charge >= 0.3 is 5.63 Å². The van der Waals surface area contributed by atoms with Gasteiger partial charge < -0.3 is 4.42 Å². The first-order chi connectivity index (χ1) is 6.29. The summed E-state index contributed by atoms with van der Waals surface area (Å²) in [5.74, 6) is 0. The molecule has 0 fully saturated rings. The van der Waals surface area contributed by atoms with Gasteiger partial charge in [-0.1, -0.05) is 24.3 Å². The van der Waals surface area contributed by atoms with Crippen LogP contribution in [0.4, 0.5) is 0 Å². The van der Waals surface area contributed by atoms with Crippen LogP contribution < -0.4 is 5.63 Å². The number of rotatable bonds is 2. The molecule has 1 aromatic rings. The summed E-state index contributed by atoms with van der Waals surface area (Å²) in [5.41, 5.74) is 1.19. The normalized spacial score (nSPS) is 11.5. The zero-order valence-electron chi connectivity index (χ0n) is 7.78. The Morgan fingerprint density at radius 3 is 2.54 bits per heavy atom. The molecule has 1 rings (SSSR count). The lowest BCUT2D eigenvalue weighted by Crippen LogP contribution is -2.03. The van der Waals surface area contributed by atoms with E-state index in [0.29, 0.717) is 5.56 Å². The van der Waals surface area contributed by atoms with Gasteiger partial charge in [0.15, 0.2) is 0 Å². The maximum Gasteiger partial charge on any atom is 0.343 e. The Morgan fingerprint density at radius 1 is 1.23 bits per heavy atom. The van der Waals surface area contributed by atoms with E-state index in [9.17, 15) is 4.79 Å². The largest absolute Gasteiger partial charge is 0.431 e. The summed E-state index contributed by atoms with van der Waals surface area (Å²) < 4.78 is 4.76. The van der Waals surface area contributed by atoms with Gasteiger partial charge in [0.2, 0.25) is 0 Å². The quantitative estimate of drug-likeness (QED) is 0.693. The van der Waals surface area contributed by atoms with Crippen LogP contribution in [-0.2, 0) is 0 Å². The van der Waals surface area contributed by atoms with E-state index in [2.05, 4.69) is 0 Å². The summed E-state index contributed by atoms with van der Waals surface area (Å²) in [7, 11) is 0. The Morgan fingerprint density at radius 2 is 1.92 bits per heavy atom. The predicted octanol–water partition coefficient (Wildman–Crippen LogP) is 2.71. The van der Waals surface area contributed by atoms with E-state index in [4.69, 9.17) is 4.42 Å². The van der Waals surface area contributed by atoms with Crippen LogP contribution in [0.15, 0.2) is 33.7 Å². The van der Waals surface area contributed by atoms with Gasteiger partial charge in [0.25, 0.3) is 0 Å². The van der Waals surface area contributed by atoms with Crippen LogP contribution in [-0.4, -0.2) is 0 Å². The lowest BCUT2D eigenvalue weighted by atomic mass is 10.1. The Bertz CT molecular complexity index is 383. The molecule has 0 radical (unpaired) electrons. The number of hydrogen-bond acceptors (Lipinski definition) is 2. The summed E-state index contributed by atoms with van der Waals surface area (Å²) >= 11 is 0. The summed E-state index contributed by atoms with van der Waals surface area (Å²) in [6.07, 6.45) is 8.75. The second-order valence-electron chi connectivity index (χ2n) is 2.58. The first-order valence-corrected chi connectivity index (χ1v) is 4.16. The van der Waals surface area contributed by atoms with E-state index in [1.54, 1.807) is 12.1 Å². The summed E-state index contributed by atoms with van der Waals surface area (Å²) in [5, 5.41) is 0. The van der Waals surface area contributed by atoms with E-state index >= 15 is 0 Å². The van der Waals surface area contributed by atoms with E-state index in [1.165, 1.54) is 6.26 Å². The molecular formula is C11H12O2. The minimum Gasteiger partial charge on any atom is -0.431 e. The minimum atomic E-state index is -0.297. The number of allylic oxidation sites excluding steroid dienone is 2. The molecule has 0 aliphatic rings. The van der Waals surface area contributed by atoms with Gasteiger partial charge in [0, 0.05) is 0 Å². The van der Waals surface area contributed by atoms with Crippen molar-refractivity contribution in [3.63, 3.8) is 0 Å². The highest BCUT2D eigenvalue weighted by Gasteiger charge is 2.00. The van der Waals surface area contributed by atoms with Crippen LogP contribution in [0.25, 0.3) is 12.2 Å². The van der Waals surface area contributed by atoms with Crippen LogP contribution in [0.2, 0.25) is 0 Å². The Balaban J connectivity index is 3.33. The first-order valence-electron chi connectivity index (χ1n) is 4.16. The molecular weight excluding hydrogens is 164 g/mol. The average Bonchev–Trinajstić information content (AvgIpc) is 2.11. The molecule has 0 saturated carbocycles. The molecule has 2 heteroatoms. The van der Waals surface area contributed by atoms with Crippen molar-refractivity contribution in [2.24, 2.45) is 0 Å². The van der Waals surface area contributed by atoms with E-state index in [1.807, 2.05) is 32.1 Å². The monoisotopic (exact) mass is 176 g/mol. The molecule has 0 unspecified atom stereocenters.